The molecule has 1 fully saturated rings. The van der Waals surface area contributed by atoms with Gasteiger partial charge in [0.2, 0.25) is 5.91 Å². The number of benzene rings is 1. The van der Waals surface area contributed by atoms with E-state index in [2.05, 4.69) is 15.3 Å². The molecular weight excluding hydrogens is 355 g/mol. The highest BCUT2D eigenvalue weighted by Gasteiger charge is 2.32. The van der Waals surface area contributed by atoms with Crippen molar-refractivity contribution in [2.45, 2.75) is 13.0 Å². The molecule has 1 aliphatic heterocycles. The smallest absolute Gasteiger partial charge is 0.414 e. The second-order valence-electron chi connectivity index (χ2n) is 5.89. The lowest BCUT2D eigenvalue weighted by Gasteiger charge is -2.14. The van der Waals surface area contributed by atoms with E-state index in [1.165, 1.54) is 42.3 Å². The minimum Gasteiger partial charge on any atom is -0.442 e. The number of cyclic esters (lactones) is 1. The number of allylic oxidation sites excluding steroid dienone is 1. The zero-order chi connectivity index (χ0) is 19.4. The lowest BCUT2D eigenvalue weighted by Crippen LogP contribution is -2.33. The van der Waals surface area contributed by atoms with Crippen LogP contribution >= 0.6 is 0 Å². The zero-order valence-corrected chi connectivity index (χ0v) is 14.4. The van der Waals surface area contributed by atoms with Crippen LogP contribution in [0.1, 0.15) is 23.1 Å². The molecule has 0 saturated carbocycles. The van der Waals surface area contributed by atoms with Crippen LogP contribution in [0, 0.1) is 5.82 Å². The fourth-order valence-electron chi connectivity index (χ4n) is 2.58. The predicted molar refractivity (Wildman–Crippen MR) is 94.7 cm³/mol. The Labute approximate surface area is 154 Å². The Balaban J connectivity index is 1.70. The number of carbonyl (C=O) groups excluding carboxylic acids is 3. The summed E-state index contributed by atoms with van der Waals surface area (Å²) < 4.78 is 19.5. The van der Waals surface area contributed by atoms with Crippen LogP contribution in [0.15, 0.2) is 36.7 Å². The summed E-state index contributed by atoms with van der Waals surface area (Å²) in [5.74, 6) is -1.03. The second kappa shape index (κ2) is 7.81. The normalized spacial score (nSPS) is 16.6. The first-order valence-electron chi connectivity index (χ1n) is 8.18. The Morgan fingerprint density at radius 2 is 2.30 bits per heavy atom. The Morgan fingerprint density at radius 1 is 1.48 bits per heavy atom. The van der Waals surface area contributed by atoms with Crippen molar-refractivity contribution in [1.82, 2.24) is 15.3 Å². The summed E-state index contributed by atoms with van der Waals surface area (Å²) >= 11 is 0. The number of anilines is 1. The van der Waals surface area contributed by atoms with Crippen molar-refractivity contribution in [3.63, 3.8) is 0 Å². The molecule has 140 valence electrons. The topological polar surface area (TPSA) is 104 Å². The summed E-state index contributed by atoms with van der Waals surface area (Å²) in [5, 5.41) is 2.56. The second-order valence-corrected chi connectivity index (χ2v) is 5.89. The average molecular weight is 372 g/mol. The van der Waals surface area contributed by atoms with Crippen molar-refractivity contribution >= 4 is 29.5 Å². The van der Waals surface area contributed by atoms with Gasteiger partial charge in [0.25, 0.3) is 0 Å². The van der Waals surface area contributed by atoms with Crippen LogP contribution in [0.4, 0.5) is 14.9 Å². The molecule has 2 amide bonds. The first-order chi connectivity index (χ1) is 12.9. The summed E-state index contributed by atoms with van der Waals surface area (Å²) in [6, 6.07) is 3.89. The highest BCUT2D eigenvalue weighted by Crippen LogP contribution is 2.24. The van der Waals surface area contributed by atoms with E-state index >= 15 is 0 Å². The summed E-state index contributed by atoms with van der Waals surface area (Å²) in [6.45, 7) is 1.71. The van der Waals surface area contributed by atoms with Crippen LogP contribution in [0.2, 0.25) is 0 Å². The fourth-order valence-corrected chi connectivity index (χ4v) is 2.58. The number of ketones is 1. The number of aromatic nitrogens is 2. The van der Waals surface area contributed by atoms with Gasteiger partial charge in [-0.15, -0.1) is 0 Å². The molecule has 2 N–H and O–H groups in total. The molecule has 0 radical (unpaired) electrons. The van der Waals surface area contributed by atoms with Crippen molar-refractivity contribution < 1.29 is 23.5 Å². The zero-order valence-electron chi connectivity index (χ0n) is 14.4. The lowest BCUT2D eigenvalue weighted by atomic mass is 10.1. The number of amides is 2. The van der Waals surface area contributed by atoms with Gasteiger partial charge in [-0.05, 0) is 30.4 Å². The number of carbonyl (C=O) groups is 3. The first-order valence-corrected chi connectivity index (χ1v) is 8.18. The van der Waals surface area contributed by atoms with E-state index in [1.807, 2.05) is 0 Å². The maximum Gasteiger partial charge on any atom is 0.414 e. The number of imidazole rings is 1. The standard InChI is InChI=1S/C18H17FN4O4/c1-11(24)22-9-13-10-23(18(26)27-13)12-2-3-14(15(19)8-12)16(25)4-5-17-20-6-7-21-17/h2-8,13H,9-10H2,1H3,(H,20,21)(H,22,24)/b5-4+/t13-/m0/s1. The van der Waals surface area contributed by atoms with Crippen molar-refractivity contribution in [3.05, 3.63) is 53.9 Å². The van der Waals surface area contributed by atoms with Gasteiger partial charge in [0, 0.05) is 19.3 Å². The monoisotopic (exact) mass is 372 g/mol. The maximum absolute atomic E-state index is 14.4. The molecule has 0 spiro atoms. The van der Waals surface area contributed by atoms with E-state index in [-0.39, 0.29) is 30.2 Å². The minimum atomic E-state index is -0.750. The van der Waals surface area contributed by atoms with Gasteiger partial charge in [-0.3, -0.25) is 14.5 Å². The maximum atomic E-state index is 14.4. The van der Waals surface area contributed by atoms with Gasteiger partial charge in [0.1, 0.15) is 17.7 Å². The third kappa shape index (κ3) is 4.38. The number of nitrogens with one attached hydrogen (secondary N) is 2. The van der Waals surface area contributed by atoms with Crippen LogP contribution < -0.4 is 10.2 Å². The van der Waals surface area contributed by atoms with Crippen LogP contribution in [-0.2, 0) is 9.53 Å². The Morgan fingerprint density at radius 3 is 2.96 bits per heavy atom. The molecular formula is C18H17FN4O4. The van der Waals surface area contributed by atoms with Crippen molar-refractivity contribution in [3.8, 4) is 0 Å². The summed E-state index contributed by atoms with van der Waals surface area (Å²) in [4.78, 5) is 43.1. The van der Waals surface area contributed by atoms with Gasteiger partial charge in [0.05, 0.1) is 24.3 Å². The van der Waals surface area contributed by atoms with Crippen LogP contribution in [0.3, 0.4) is 0 Å². The van der Waals surface area contributed by atoms with Gasteiger partial charge in [-0.2, -0.15) is 0 Å². The molecule has 2 aromatic rings. The molecule has 1 aliphatic rings. The molecule has 8 nitrogen and oxygen atoms in total. The van der Waals surface area contributed by atoms with E-state index in [9.17, 15) is 18.8 Å². The molecule has 0 bridgehead atoms. The van der Waals surface area contributed by atoms with Crippen LogP contribution in [0.5, 0.6) is 0 Å². The van der Waals surface area contributed by atoms with Crippen LogP contribution in [-0.4, -0.2) is 46.9 Å². The Hall–Kier alpha value is -3.49. The molecule has 3 rings (SSSR count). The SMILES string of the molecule is CC(=O)NC[C@H]1CN(c2ccc(C(=O)/C=C/c3ncc[nH]3)c(F)c2)C(=O)O1. The average Bonchev–Trinajstić information content (AvgIpc) is 3.27. The lowest BCUT2D eigenvalue weighted by molar-refractivity contribution is -0.119. The quantitative estimate of drug-likeness (QED) is 0.595. The number of halogens is 1. The van der Waals surface area contributed by atoms with E-state index in [0.29, 0.717) is 5.82 Å². The number of hydrogen-bond acceptors (Lipinski definition) is 5. The molecule has 9 heteroatoms. The van der Waals surface area contributed by atoms with Gasteiger partial charge in [0.15, 0.2) is 5.78 Å². The predicted octanol–water partition coefficient (Wildman–Crippen LogP) is 1.91. The van der Waals surface area contributed by atoms with E-state index in [4.69, 9.17) is 4.74 Å². The molecule has 1 atom stereocenters. The number of ether oxygens (including phenoxy) is 1. The van der Waals surface area contributed by atoms with Crippen molar-refractivity contribution in [1.29, 1.82) is 0 Å². The van der Waals surface area contributed by atoms with Crippen LogP contribution in [0.25, 0.3) is 6.08 Å². The van der Waals surface area contributed by atoms with Crippen molar-refractivity contribution in [2.75, 3.05) is 18.0 Å². The van der Waals surface area contributed by atoms with Gasteiger partial charge in [-0.1, -0.05) is 0 Å². The molecule has 27 heavy (non-hydrogen) atoms. The summed E-state index contributed by atoms with van der Waals surface area (Å²) in [7, 11) is 0. The minimum absolute atomic E-state index is 0.121. The first kappa shape index (κ1) is 18.3. The van der Waals surface area contributed by atoms with Crippen molar-refractivity contribution in [2.24, 2.45) is 0 Å². The van der Waals surface area contributed by atoms with Gasteiger partial charge < -0.3 is 15.0 Å². The number of rotatable bonds is 6. The number of hydrogen-bond donors (Lipinski definition) is 2. The highest BCUT2D eigenvalue weighted by atomic mass is 19.1. The molecule has 1 aromatic carbocycles. The number of H-pyrrole nitrogens is 1. The Bertz CT molecular complexity index is 895. The third-order valence-corrected chi connectivity index (χ3v) is 3.89. The fraction of sp³-hybridized carbons (Fsp3) is 0.222. The molecule has 2 heterocycles. The van der Waals surface area contributed by atoms with E-state index in [0.717, 1.165) is 6.07 Å². The molecule has 0 unspecified atom stereocenters. The molecule has 0 aliphatic carbocycles. The number of nitrogens with zero attached hydrogens (tertiary/aromatic N) is 2. The molecule has 1 saturated heterocycles. The van der Waals surface area contributed by atoms with Gasteiger partial charge in [-0.25, -0.2) is 14.2 Å². The summed E-state index contributed by atoms with van der Waals surface area (Å²) in [5.41, 5.74) is 0.151. The number of aromatic amines is 1. The highest BCUT2D eigenvalue weighted by molar-refractivity contribution is 6.07. The largest absolute Gasteiger partial charge is 0.442 e. The molecule has 1 aromatic heterocycles. The summed E-state index contributed by atoms with van der Waals surface area (Å²) in [6.07, 6.45) is 4.63. The van der Waals surface area contributed by atoms with E-state index in [1.54, 1.807) is 6.20 Å². The third-order valence-electron chi connectivity index (χ3n) is 3.89. The van der Waals surface area contributed by atoms with E-state index < -0.39 is 23.8 Å². The van der Waals surface area contributed by atoms with Gasteiger partial charge >= 0.3 is 6.09 Å². The Kier molecular flexibility index (Phi) is 5.30.